The average molecular weight is 481 g/mol. The molecule has 3 aromatic carbocycles. The van der Waals surface area contributed by atoms with Gasteiger partial charge < -0.3 is 19.4 Å². The standard InChI is InChI=1S/C31H32N2O3/c1-21-12-17-27-25(18-21)19-28(22-8-5-4-6-9-22)33(27)26-15-13-23(14-16-26)31(34)32-20-24-10-7-11-29(35-2)30(24)36-3/h4-11,13-16,19,21H,12,17-18,20H2,1-3H3,(H,32,34). The number of methoxy groups -OCH3 is 2. The highest BCUT2D eigenvalue weighted by atomic mass is 16.5. The molecule has 1 heterocycles. The monoisotopic (exact) mass is 480 g/mol. The van der Waals surface area contributed by atoms with E-state index in [0.29, 0.717) is 29.5 Å². The smallest absolute Gasteiger partial charge is 0.251 e. The molecule has 184 valence electrons. The van der Waals surface area contributed by atoms with Crippen LogP contribution in [-0.2, 0) is 19.4 Å². The van der Waals surface area contributed by atoms with Gasteiger partial charge in [-0.1, -0.05) is 49.4 Å². The molecular formula is C31H32N2O3. The van der Waals surface area contributed by atoms with E-state index in [-0.39, 0.29) is 5.91 Å². The first-order valence-corrected chi connectivity index (χ1v) is 12.5. The molecule has 1 aliphatic rings. The van der Waals surface area contributed by atoms with E-state index >= 15 is 0 Å². The third kappa shape index (κ3) is 4.61. The predicted octanol–water partition coefficient (Wildman–Crippen LogP) is 6.22. The fraction of sp³-hybridized carbons (Fsp3) is 0.258. The average Bonchev–Trinajstić information content (AvgIpc) is 3.30. The fourth-order valence-electron chi connectivity index (χ4n) is 5.16. The summed E-state index contributed by atoms with van der Waals surface area (Å²) < 4.78 is 13.2. The van der Waals surface area contributed by atoms with Crippen LogP contribution >= 0.6 is 0 Å². The Morgan fingerprint density at radius 1 is 0.972 bits per heavy atom. The largest absolute Gasteiger partial charge is 0.493 e. The van der Waals surface area contributed by atoms with Crippen molar-refractivity contribution >= 4 is 5.91 Å². The number of carbonyl (C=O) groups is 1. The maximum absolute atomic E-state index is 12.9. The Kier molecular flexibility index (Phi) is 6.81. The molecule has 0 aliphatic heterocycles. The molecular weight excluding hydrogens is 448 g/mol. The van der Waals surface area contributed by atoms with E-state index in [1.165, 1.54) is 28.9 Å². The lowest BCUT2D eigenvalue weighted by Crippen LogP contribution is -2.23. The summed E-state index contributed by atoms with van der Waals surface area (Å²) in [6.07, 6.45) is 3.36. The Morgan fingerprint density at radius 3 is 2.47 bits per heavy atom. The Hall–Kier alpha value is -3.99. The van der Waals surface area contributed by atoms with E-state index in [2.05, 4.69) is 47.1 Å². The van der Waals surface area contributed by atoms with Crippen molar-refractivity contribution in [3.05, 3.63) is 101 Å². The number of hydrogen-bond donors (Lipinski definition) is 1. The minimum atomic E-state index is -0.127. The molecule has 1 aliphatic carbocycles. The van der Waals surface area contributed by atoms with E-state index in [4.69, 9.17) is 9.47 Å². The van der Waals surface area contributed by atoms with E-state index in [9.17, 15) is 4.79 Å². The number of aromatic nitrogens is 1. The van der Waals surface area contributed by atoms with Gasteiger partial charge in [-0.3, -0.25) is 4.79 Å². The third-order valence-electron chi connectivity index (χ3n) is 7.02. The molecule has 4 aromatic rings. The van der Waals surface area contributed by atoms with E-state index in [1.54, 1.807) is 14.2 Å². The zero-order valence-electron chi connectivity index (χ0n) is 21.1. The van der Waals surface area contributed by atoms with Crippen LogP contribution in [0.3, 0.4) is 0 Å². The summed E-state index contributed by atoms with van der Waals surface area (Å²) in [5, 5.41) is 3.01. The normalized spacial score (nSPS) is 14.7. The molecule has 5 nitrogen and oxygen atoms in total. The van der Waals surface area contributed by atoms with Crippen LogP contribution in [0, 0.1) is 5.92 Å². The van der Waals surface area contributed by atoms with Crippen molar-refractivity contribution in [3.8, 4) is 28.4 Å². The molecule has 1 aromatic heterocycles. The molecule has 1 atom stereocenters. The molecule has 5 rings (SSSR count). The number of benzene rings is 3. The van der Waals surface area contributed by atoms with Crippen LogP contribution in [0.2, 0.25) is 0 Å². The number of hydrogen-bond acceptors (Lipinski definition) is 3. The fourth-order valence-corrected chi connectivity index (χ4v) is 5.16. The van der Waals surface area contributed by atoms with Crippen LogP contribution < -0.4 is 14.8 Å². The molecule has 36 heavy (non-hydrogen) atoms. The van der Waals surface area contributed by atoms with Crippen LogP contribution in [0.4, 0.5) is 0 Å². The van der Waals surface area contributed by atoms with E-state index in [1.807, 2.05) is 48.5 Å². The maximum Gasteiger partial charge on any atom is 0.251 e. The second-order valence-electron chi connectivity index (χ2n) is 9.43. The molecule has 1 N–H and O–H groups in total. The minimum absolute atomic E-state index is 0.127. The number of fused-ring (bicyclic) bond motifs is 1. The van der Waals surface area contributed by atoms with Gasteiger partial charge in [0.2, 0.25) is 0 Å². The lowest BCUT2D eigenvalue weighted by molar-refractivity contribution is 0.0950. The van der Waals surface area contributed by atoms with Gasteiger partial charge in [-0.15, -0.1) is 0 Å². The highest BCUT2D eigenvalue weighted by molar-refractivity contribution is 5.94. The van der Waals surface area contributed by atoms with Gasteiger partial charge in [0.15, 0.2) is 11.5 Å². The lowest BCUT2D eigenvalue weighted by Gasteiger charge is -2.21. The van der Waals surface area contributed by atoms with Crippen molar-refractivity contribution in [2.75, 3.05) is 14.2 Å². The number of nitrogens with one attached hydrogen (secondary N) is 1. The second-order valence-corrected chi connectivity index (χ2v) is 9.43. The predicted molar refractivity (Wildman–Crippen MR) is 143 cm³/mol. The summed E-state index contributed by atoms with van der Waals surface area (Å²) in [7, 11) is 3.21. The molecule has 0 spiro atoms. The van der Waals surface area contributed by atoms with Gasteiger partial charge >= 0.3 is 0 Å². The highest BCUT2D eigenvalue weighted by Crippen LogP contribution is 2.35. The first-order chi connectivity index (χ1) is 17.6. The number of amides is 1. The molecule has 0 bridgehead atoms. The number of nitrogens with zero attached hydrogens (tertiary/aromatic N) is 1. The molecule has 1 amide bonds. The van der Waals surface area contributed by atoms with Crippen molar-refractivity contribution in [1.82, 2.24) is 9.88 Å². The van der Waals surface area contributed by atoms with Crippen LogP contribution in [0.1, 0.15) is 40.5 Å². The first-order valence-electron chi connectivity index (χ1n) is 12.5. The molecule has 0 saturated carbocycles. The van der Waals surface area contributed by atoms with Crippen LogP contribution in [0.5, 0.6) is 11.5 Å². The van der Waals surface area contributed by atoms with Crippen molar-refractivity contribution in [3.63, 3.8) is 0 Å². The van der Waals surface area contributed by atoms with Crippen molar-refractivity contribution in [2.45, 2.75) is 32.7 Å². The summed E-state index contributed by atoms with van der Waals surface area (Å²) in [6, 6.07) is 26.4. The summed E-state index contributed by atoms with van der Waals surface area (Å²) in [6.45, 7) is 2.68. The number of rotatable bonds is 7. The van der Waals surface area contributed by atoms with Gasteiger partial charge in [-0.05, 0) is 72.7 Å². The van der Waals surface area contributed by atoms with E-state index in [0.717, 1.165) is 24.1 Å². The Morgan fingerprint density at radius 2 is 1.75 bits per heavy atom. The van der Waals surface area contributed by atoms with Crippen molar-refractivity contribution in [2.24, 2.45) is 5.92 Å². The molecule has 0 fully saturated rings. The lowest BCUT2D eigenvalue weighted by atomic mass is 9.89. The van der Waals surface area contributed by atoms with Crippen molar-refractivity contribution in [1.29, 1.82) is 0 Å². The summed E-state index contributed by atoms with van der Waals surface area (Å²) in [5.41, 5.74) is 7.79. The van der Waals surface area contributed by atoms with Gasteiger partial charge in [0.1, 0.15) is 0 Å². The first kappa shape index (κ1) is 23.7. The quantitative estimate of drug-likeness (QED) is 0.342. The molecule has 1 unspecified atom stereocenters. The Balaban J connectivity index is 1.40. The van der Waals surface area contributed by atoms with Gasteiger partial charge in [-0.25, -0.2) is 0 Å². The number of ether oxygens (including phenoxy) is 2. The summed E-state index contributed by atoms with van der Waals surface area (Å²) in [5.74, 6) is 1.85. The van der Waals surface area contributed by atoms with Crippen LogP contribution in [0.25, 0.3) is 16.9 Å². The zero-order chi connectivity index (χ0) is 25.1. The minimum Gasteiger partial charge on any atom is -0.493 e. The van der Waals surface area contributed by atoms with E-state index < -0.39 is 0 Å². The zero-order valence-corrected chi connectivity index (χ0v) is 21.1. The SMILES string of the molecule is COc1cccc(CNC(=O)c2ccc(-n3c(-c4ccccc4)cc4c3CCC(C)C4)cc2)c1OC. The van der Waals surface area contributed by atoms with Crippen LogP contribution in [0.15, 0.2) is 78.9 Å². The number of para-hydroxylation sites is 1. The van der Waals surface area contributed by atoms with Gasteiger partial charge in [0, 0.05) is 29.1 Å². The molecule has 5 heteroatoms. The Labute approximate surface area is 212 Å². The van der Waals surface area contributed by atoms with Gasteiger partial charge in [0.25, 0.3) is 5.91 Å². The number of carbonyl (C=O) groups excluding carboxylic acids is 1. The summed E-state index contributed by atoms with van der Waals surface area (Å²) >= 11 is 0. The second kappa shape index (κ2) is 10.3. The van der Waals surface area contributed by atoms with Gasteiger partial charge in [-0.2, -0.15) is 0 Å². The third-order valence-corrected chi connectivity index (χ3v) is 7.02. The highest BCUT2D eigenvalue weighted by Gasteiger charge is 2.23. The van der Waals surface area contributed by atoms with Crippen LogP contribution in [-0.4, -0.2) is 24.7 Å². The van der Waals surface area contributed by atoms with Crippen molar-refractivity contribution < 1.29 is 14.3 Å². The summed E-state index contributed by atoms with van der Waals surface area (Å²) in [4.78, 5) is 12.9. The van der Waals surface area contributed by atoms with Gasteiger partial charge in [0.05, 0.1) is 19.9 Å². The molecule has 0 radical (unpaired) electrons. The topological polar surface area (TPSA) is 52.5 Å². The molecule has 0 saturated heterocycles. The maximum atomic E-state index is 12.9. The Bertz CT molecular complexity index is 1360.